The molecular formula is C17H22O. The van der Waals surface area contributed by atoms with Gasteiger partial charge in [0.25, 0.3) is 0 Å². The van der Waals surface area contributed by atoms with Crippen molar-refractivity contribution in [1.29, 1.82) is 0 Å². The molecule has 1 nitrogen and oxygen atoms in total. The first-order valence-electron chi connectivity index (χ1n) is 7.05. The zero-order valence-electron chi connectivity index (χ0n) is 11.2. The maximum atomic E-state index is 6.23. The van der Waals surface area contributed by atoms with Crippen LogP contribution >= 0.6 is 0 Å². The van der Waals surface area contributed by atoms with Gasteiger partial charge in [0, 0.05) is 5.41 Å². The highest BCUT2D eigenvalue weighted by molar-refractivity contribution is 5.37. The number of fused-ring (bicyclic) bond motifs is 1. The van der Waals surface area contributed by atoms with Crippen LogP contribution in [0.25, 0.3) is 0 Å². The van der Waals surface area contributed by atoms with E-state index in [1.54, 1.807) is 0 Å². The van der Waals surface area contributed by atoms with E-state index in [0.717, 1.165) is 5.57 Å². The van der Waals surface area contributed by atoms with Crippen LogP contribution in [0.15, 0.2) is 36.4 Å². The Hall–Kier alpha value is -1.08. The third kappa shape index (κ3) is 1.91. The van der Waals surface area contributed by atoms with Crippen molar-refractivity contribution >= 4 is 0 Å². The minimum absolute atomic E-state index is 0.299. The van der Waals surface area contributed by atoms with Crippen LogP contribution in [0.3, 0.4) is 0 Å². The molecule has 18 heavy (non-hydrogen) atoms. The predicted molar refractivity (Wildman–Crippen MR) is 74.6 cm³/mol. The van der Waals surface area contributed by atoms with Crippen LogP contribution < -0.4 is 0 Å². The molecule has 1 saturated carbocycles. The van der Waals surface area contributed by atoms with Gasteiger partial charge in [0.2, 0.25) is 0 Å². The summed E-state index contributed by atoms with van der Waals surface area (Å²) in [6.07, 6.45) is 6.88. The maximum Gasteiger partial charge on any atom is 0.0891 e. The third-order valence-electron chi connectivity index (χ3n) is 4.53. The van der Waals surface area contributed by atoms with Crippen LogP contribution in [0.4, 0.5) is 0 Å². The fourth-order valence-corrected chi connectivity index (χ4v) is 3.76. The molecule has 2 aliphatic carbocycles. The SMILES string of the molecule is C=C(C)COC1c2ccccc2CC12CCCC2. The first kappa shape index (κ1) is 12.0. The van der Waals surface area contributed by atoms with Gasteiger partial charge >= 0.3 is 0 Å². The van der Waals surface area contributed by atoms with Crippen LogP contribution in [0.2, 0.25) is 0 Å². The fourth-order valence-electron chi connectivity index (χ4n) is 3.76. The molecule has 0 saturated heterocycles. The van der Waals surface area contributed by atoms with E-state index in [1.165, 1.54) is 43.2 Å². The molecule has 0 aromatic heterocycles. The molecule has 1 unspecified atom stereocenters. The minimum Gasteiger partial charge on any atom is -0.369 e. The highest BCUT2D eigenvalue weighted by Crippen LogP contribution is 2.56. The molecule has 96 valence electrons. The molecule has 0 N–H and O–H groups in total. The molecule has 1 heteroatoms. The molecule has 1 aromatic rings. The molecular weight excluding hydrogens is 220 g/mol. The molecule has 1 fully saturated rings. The Bertz CT molecular complexity index is 454. The van der Waals surface area contributed by atoms with Crippen LogP contribution in [-0.4, -0.2) is 6.61 Å². The van der Waals surface area contributed by atoms with Gasteiger partial charge in [0.1, 0.15) is 0 Å². The number of ether oxygens (including phenoxy) is 1. The van der Waals surface area contributed by atoms with Gasteiger partial charge in [-0.3, -0.25) is 0 Å². The summed E-state index contributed by atoms with van der Waals surface area (Å²) in [5.41, 5.74) is 4.44. The molecule has 1 aromatic carbocycles. The fraction of sp³-hybridized carbons (Fsp3) is 0.529. The summed E-state index contributed by atoms with van der Waals surface area (Å²) < 4.78 is 6.23. The Labute approximate surface area is 110 Å². The molecule has 0 heterocycles. The summed E-state index contributed by atoms with van der Waals surface area (Å²) in [5, 5.41) is 0. The molecule has 0 aliphatic heterocycles. The van der Waals surface area contributed by atoms with Crippen LogP contribution in [-0.2, 0) is 11.2 Å². The summed E-state index contributed by atoms with van der Waals surface area (Å²) >= 11 is 0. The highest BCUT2D eigenvalue weighted by atomic mass is 16.5. The summed E-state index contributed by atoms with van der Waals surface area (Å²) in [7, 11) is 0. The lowest BCUT2D eigenvalue weighted by Gasteiger charge is -2.31. The first-order valence-corrected chi connectivity index (χ1v) is 7.05. The molecule has 0 bridgehead atoms. The standard InChI is InChI=1S/C17H22O/c1-13(2)12-18-16-15-8-4-3-7-14(15)11-17(16)9-5-6-10-17/h3-4,7-8,16H,1,5-6,9-12H2,2H3. The molecule has 1 spiro atoms. The van der Waals surface area contributed by atoms with E-state index in [-0.39, 0.29) is 0 Å². The average molecular weight is 242 g/mol. The molecule has 1 atom stereocenters. The van der Waals surface area contributed by atoms with Crippen LogP contribution in [0, 0.1) is 5.41 Å². The second-order valence-electron chi connectivity index (χ2n) is 6.09. The highest BCUT2D eigenvalue weighted by Gasteiger charge is 2.48. The van der Waals surface area contributed by atoms with Gasteiger partial charge in [-0.2, -0.15) is 0 Å². The van der Waals surface area contributed by atoms with Crippen molar-refractivity contribution in [3.8, 4) is 0 Å². The lowest BCUT2D eigenvalue weighted by Crippen LogP contribution is -2.25. The van der Waals surface area contributed by atoms with Crippen molar-refractivity contribution in [2.75, 3.05) is 6.61 Å². The summed E-state index contributed by atoms with van der Waals surface area (Å²) in [6, 6.07) is 8.83. The van der Waals surface area contributed by atoms with Gasteiger partial charge in [-0.15, -0.1) is 0 Å². The van der Waals surface area contributed by atoms with Gasteiger partial charge in [-0.25, -0.2) is 0 Å². The Morgan fingerprint density at radius 2 is 2.06 bits per heavy atom. The summed E-state index contributed by atoms with van der Waals surface area (Å²) in [4.78, 5) is 0. The van der Waals surface area contributed by atoms with Crippen LogP contribution in [0.5, 0.6) is 0 Å². The van der Waals surface area contributed by atoms with Crippen molar-refractivity contribution in [1.82, 2.24) is 0 Å². The van der Waals surface area contributed by atoms with Gasteiger partial charge in [-0.05, 0) is 37.3 Å². The Kier molecular flexibility index (Phi) is 3.03. The lowest BCUT2D eigenvalue weighted by atomic mass is 9.81. The Morgan fingerprint density at radius 3 is 2.78 bits per heavy atom. The maximum absolute atomic E-state index is 6.23. The number of hydrogen-bond acceptors (Lipinski definition) is 1. The van der Waals surface area contributed by atoms with Gasteiger partial charge < -0.3 is 4.74 Å². The van der Waals surface area contributed by atoms with E-state index in [0.29, 0.717) is 18.1 Å². The van der Waals surface area contributed by atoms with Crippen LogP contribution in [0.1, 0.15) is 49.8 Å². The second kappa shape index (κ2) is 4.55. The second-order valence-corrected chi connectivity index (χ2v) is 6.09. The van der Waals surface area contributed by atoms with Gasteiger partial charge in [-0.1, -0.05) is 49.3 Å². The predicted octanol–water partition coefficient (Wildman–Crippen LogP) is 4.44. The topological polar surface area (TPSA) is 9.23 Å². The molecule has 3 rings (SSSR count). The zero-order chi connectivity index (χ0) is 12.6. The molecule has 0 radical (unpaired) electrons. The zero-order valence-corrected chi connectivity index (χ0v) is 11.2. The monoisotopic (exact) mass is 242 g/mol. The van der Waals surface area contributed by atoms with Crippen molar-refractivity contribution in [2.24, 2.45) is 5.41 Å². The average Bonchev–Trinajstić information content (AvgIpc) is 2.92. The quantitative estimate of drug-likeness (QED) is 0.712. The van der Waals surface area contributed by atoms with Crippen molar-refractivity contribution in [3.05, 3.63) is 47.5 Å². The molecule has 2 aliphatic rings. The van der Waals surface area contributed by atoms with Gasteiger partial charge in [0.05, 0.1) is 12.7 Å². The van der Waals surface area contributed by atoms with E-state index in [9.17, 15) is 0 Å². The van der Waals surface area contributed by atoms with E-state index < -0.39 is 0 Å². The number of hydrogen-bond donors (Lipinski definition) is 0. The van der Waals surface area contributed by atoms with E-state index in [2.05, 4.69) is 30.8 Å². The number of benzene rings is 1. The smallest absolute Gasteiger partial charge is 0.0891 e. The van der Waals surface area contributed by atoms with Gasteiger partial charge in [0.15, 0.2) is 0 Å². The van der Waals surface area contributed by atoms with Crippen molar-refractivity contribution in [2.45, 2.75) is 45.1 Å². The largest absolute Gasteiger partial charge is 0.369 e. The Balaban J connectivity index is 1.91. The van der Waals surface area contributed by atoms with Crippen molar-refractivity contribution in [3.63, 3.8) is 0 Å². The van der Waals surface area contributed by atoms with E-state index in [1.807, 2.05) is 6.92 Å². The number of rotatable bonds is 3. The molecule has 0 amide bonds. The third-order valence-corrected chi connectivity index (χ3v) is 4.53. The van der Waals surface area contributed by atoms with E-state index >= 15 is 0 Å². The lowest BCUT2D eigenvalue weighted by molar-refractivity contribution is -0.0197. The normalized spacial score (nSPS) is 24.4. The van der Waals surface area contributed by atoms with Crippen molar-refractivity contribution < 1.29 is 4.74 Å². The first-order chi connectivity index (χ1) is 8.71. The summed E-state index contributed by atoms with van der Waals surface area (Å²) in [5.74, 6) is 0. The Morgan fingerprint density at radius 1 is 1.33 bits per heavy atom. The van der Waals surface area contributed by atoms with E-state index in [4.69, 9.17) is 4.74 Å². The minimum atomic E-state index is 0.299. The summed E-state index contributed by atoms with van der Waals surface area (Å²) in [6.45, 7) is 6.70.